The second kappa shape index (κ2) is 6.04. The Bertz CT molecular complexity index is 404. The first-order valence-electron chi connectivity index (χ1n) is 6.74. The first-order chi connectivity index (χ1) is 9.17. The van der Waals surface area contributed by atoms with E-state index in [0.29, 0.717) is 23.3 Å². The van der Waals surface area contributed by atoms with Crippen LogP contribution in [0.3, 0.4) is 0 Å². The van der Waals surface area contributed by atoms with Crippen LogP contribution in [0.4, 0.5) is 5.69 Å². The third-order valence-electron chi connectivity index (χ3n) is 3.46. The Morgan fingerprint density at radius 2 is 1.68 bits per heavy atom. The van der Waals surface area contributed by atoms with Crippen LogP contribution >= 0.6 is 0 Å². The van der Waals surface area contributed by atoms with Gasteiger partial charge in [0.1, 0.15) is 0 Å². The summed E-state index contributed by atoms with van der Waals surface area (Å²) in [6.07, 6.45) is 3.97. The van der Waals surface area contributed by atoms with Gasteiger partial charge in [0.2, 0.25) is 5.75 Å². The molecule has 0 aromatic heterocycles. The molecular formula is C15H23NO3. The number of methoxy groups -OCH3 is 3. The largest absolute Gasteiger partial charge is 0.493 e. The molecule has 1 fully saturated rings. The van der Waals surface area contributed by atoms with Crippen molar-refractivity contribution < 1.29 is 14.2 Å². The monoisotopic (exact) mass is 265 g/mol. The van der Waals surface area contributed by atoms with Gasteiger partial charge < -0.3 is 19.5 Å². The topological polar surface area (TPSA) is 39.7 Å². The number of hydrogen-bond acceptors (Lipinski definition) is 4. The molecule has 1 aliphatic carbocycles. The van der Waals surface area contributed by atoms with E-state index >= 15 is 0 Å². The SMILES string of the molecule is COc1cc(NC(C)CC2CC2)cc(OC)c1OC. The maximum absolute atomic E-state index is 5.35. The molecule has 1 aromatic rings. The van der Waals surface area contributed by atoms with E-state index in [2.05, 4.69) is 12.2 Å². The van der Waals surface area contributed by atoms with Gasteiger partial charge in [0.15, 0.2) is 11.5 Å². The molecule has 1 aliphatic rings. The quantitative estimate of drug-likeness (QED) is 0.821. The summed E-state index contributed by atoms with van der Waals surface area (Å²) in [5.41, 5.74) is 1.00. The number of anilines is 1. The Hall–Kier alpha value is -1.58. The van der Waals surface area contributed by atoms with Crippen LogP contribution < -0.4 is 19.5 Å². The maximum Gasteiger partial charge on any atom is 0.203 e. The predicted octanol–water partition coefficient (Wildman–Crippen LogP) is 3.31. The van der Waals surface area contributed by atoms with Gasteiger partial charge in [-0.15, -0.1) is 0 Å². The summed E-state index contributed by atoms with van der Waals surface area (Å²) >= 11 is 0. The van der Waals surface area contributed by atoms with E-state index in [4.69, 9.17) is 14.2 Å². The van der Waals surface area contributed by atoms with E-state index in [-0.39, 0.29) is 0 Å². The highest BCUT2D eigenvalue weighted by molar-refractivity contribution is 5.62. The highest BCUT2D eigenvalue weighted by Crippen LogP contribution is 2.40. The molecule has 4 nitrogen and oxygen atoms in total. The van der Waals surface area contributed by atoms with Gasteiger partial charge in [0.05, 0.1) is 21.3 Å². The molecule has 0 heterocycles. The molecule has 0 radical (unpaired) electrons. The highest BCUT2D eigenvalue weighted by Gasteiger charge is 2.23. The van der Waals surface area contributed by atoms with Crippen molar-refractivity contribution in [2.24, 2.45) is 5.92 Å². The molecule has 2 rings (SSSR count). The predicted molar refractivity (Wildman–Crippen MR) is 76.5 cm³/mol. The molecular weight excluding hydrogens is 242 g/mol. The smallest absolute Gasteiger partial charge is 0.203 e. The van der Waals surface area contributed by atoms with E-state index in [1.54, 1.807) is 21.3 Å². The van der Waals surface area contributed by atoms with Gasteiger partial charge in [-0.05, 0) is 19.3 Å². The summed E-state index contributed by atoms with van der Waals surface area (Å²) < 4.78 is 16.0. The number of hydrogen-bond donors (Lipinski definition) is 1. The molecule has 19 heavy (non-hydrogen) atoms. The zero-order valence-electron chi connectivity index (χ0n) is 12.2. The van der Waals surface area contributed by atoms with Crippen molar-refractivity contribution in [1.82, 2.24) is 0 Å². The lowest BCUT2D eigenvalue weighted by atomic mass is 10.1. The van der Waals surface area contributed by atoms with Crippen molar-refractivity contribution in [3.05, 3.63) is 12.1 Å². The number of nitrogens with one attached hydrogen (secondary N) is 1. The van der Waals surface area contributed by atoms with Crippen molar-refractivity contribution in [3.63, 3.8) is 0 Å². The molecule has 0 bridgehead atoms. The zero-order chi connectivity index (χ0) is 13.8. The number of ether oxygens (including phenoxy) is 3. The van der Waals surface area contributed by atoms with Crippen LogP contribution in [-0.4, -0.2) is 27.4 Å². The second-order valence-electron chi connectivity index (χ2n) is 5.14. The van der Waals surface area contributed by atoms with Gasteiger partial charge in [0.25, 0.3) is 0 Å². The normalized spacial score (nSPS) is 15.8. The number of rotatable bonds is 7. The van der Waals surface area contributed by atoms with Crippen LogP contribution in [0.15, 0.2) is 12.1 Å². The molecule has 1 N–H and O–H groups in total. The van der Waals surface area contributed by atoms with Crippen molar-refractivity contribution in [2.75, 3.05) is 26.6 Å². The average molecular weight is 265 g/mol. The fourth-order valence-electron chi connectivity index (χ4n) is 2.36. The third kappa shape index (κ3) is 3.46. The van der Waals surface area contributed by atoms with E-state index < -0.39 is 0 Å². The fourth-order valence-corrected chi connectivity index (χ4v) is 2.36. The summed E-state index contributed by atoms with van der Waals surface area (Å²) in [6, 6.07) is 4.35. The minimum atomic E-state index is 0.454. The van der Waals surface area contributed by atoms with Gasteiger partial charge in [-0.25, -0.2) is 0 Å². The van der Waals surface area contributed by atoms with E-state index in [9.17, 15) is 0 Å². The van der Waals surface area contributed by atoms with E-state index in [1.807, 2.05) is 12.1 Å². The molecule has 0 spiro atoms. The van der Waals surface area contributed by atoms with Crippen LogP contribution in [0.5, 0.6) is 17.2 Å². The van der Waals surface area contributed by atoms with Crippen LogP contribution in [0.25, 0.3) is 0 Å². The minimum Gasteiger partial charge on any atom is -0.493 e. The third-order valence-corrected chi connectivity index (χ3v) is 3.46. The summed E-state index contributed by atoms with van der Waals surface area (Å²) in [7, 11) is 4.88. The van der Waals surface area contributed by atoms with Crippen molar-refractivity contribution in [1.29, 1.82) is 0 Å². The summed E-state index contributed by atoms with van der Waals surface area (Å²) in [5, 5.41) is 3.50. The molecule has 0 amide bonds. The van der Waals surface area contributed by atoms with Crippen molar-refractivity contribution >= 4 is 5.69 Å². The second-order valence-corrected chi connectivity index (χ2v) is 5.14. The first-order valence-corrected chi connectivity index (χ1v) is 6.74. The van der Waals surface area contributed by atoms with Crippen LogP contribution in [0.1, 0.15) is 26.2 Å². The molecule has 1 aromatic carbocycles. The van der Waals surface area contributed by atoms with Crippen LogP contribution in [0, 0.1) is 5.92 Å². The molecule has 0 saturated heterocycles. The van der Waals surface area contributed by atoms with Crippen LogP contribution in [-0.2, 0) is 0 Å². The van der Waals surface area contributed by atoms with E-state index in [0.717, 1.165) is 11.6 Å². The Labute approximate surface area is 115 Å². The van der Waals surface area contributed by atoms with Gasteiger partial charge in [0, 0.05) is 23.9 Å². The summed E-state index contributed by atoms with van der Waals surface area (Å²) in [6.45, 7) is 2.21. The molecule has 1 atom stereocenters. The maximum atomic E-state index is 5.35. The molecule has 4 heteroatoms. The van der Waals surface area contributed by atoms with Gasteiger partial charge in [-0.3, -0.25) is 0 Å². The lowest BCUT2D eigenvalue weighted by Gasteiger charge is -2.18. The molecule has 0 aliphatic heterocycles. The standard InChI is InChI=1S/C15H23NO3/c1-10(7-11-5-6-11)16-12-8-13(17-2)15(19-4)14(9-12)18-3/h8-11,16H,5-7H2,1-4H3. The Morgan fingerprint density at radius 3 is 2.11 bits per heavy atom. The average Bonchev–Trinajstić information content (AvgIpc) is 3.21. The Morgan fingerprint density at radius 1 is 1.11 bits per heavy atom. The Kier molecular flexibility index (Phi) is 4.40. The fraction of sp³-hybridized carbons (Fsp3) is 0.600. The lowest BCUT2D eigenvalue weighted by Crippen LogP contribution is -2.15. The Balaban J connectivity index is 2.14. The van der Waals surface area contributed by atoms with E-state index in [1.165, 1.54) is 19.3 Å². The van der Waals surface area contributed by atoms with Gasteiger partial charge >= 0.3 is 0 Å². The molecule has 106 valence electrons. The summed E-state index contributed by atoms with van der Waals surface area (Å²) in [4.78, 5) is 0. The minimum absolute atomic E-state index is 0.454. The summed E-state index contributed by atoms with van der Waals surface area (Å²) in [5.74, 6) is 2.90. The highest BCUT2D eigenvalue weighted by atomic mass is 16.5. The van der Waals surface area contributed by atoms with Crippen LogP contribution in [0.2, 0.25) is 0 Å². The first kappa shape index (κ1) is 13.8. The van der Waals surface area contributed by atoms with Crippen molar-refractivity contribution in [3.8, 4) is 17.2 Å². The number of benzene rings is 1. The van der Waals surface area contributed by atoms with Crippen molar-refractivity contribution in [2.45, 2.75) is 32.2 Å². The zero-order valence-corrected chi connectivity index (χ0v) is 12.2. The van der Waals surface area contributed by atoms with Gasteiger partial charge in [-0.2, -0.15) is 0 Å². The molecule has 1 unspecified atom stereocenters. The molecule has 1 saturated carbocycles. The lowest BCUT2D eigenvalue weighted by molar-refractivity contribution is 0.324. The van der Waals surface area contributed by atoms with Gasteiger partial charge in [-0.1, -0.05) is 12.8 Å².